The number of aryl methyl sites for hydroxylation is 1. The van der Waals surface area contributed by atoms with Gasteiger partial charge in [-0.3, -0.25) is 0 Å². The second kappa shape index (κ2) is 5.69. The van der Waals surface area contributed by atoms with Gasteiger partial charge in [-0.2, -0.15) is 0 Å². The van der Waals surface area contributed by atoms with Crippen molar-refractivity contribution in [2.75, 3.05) is 5.32 Å². The van der Waals surface area contributed by atoms with E-state index in [0.717, 1.165) is 0 Å². The summed E-state index contributed by atoms with van der Waals surface area (Å²) in [6.45, 7) is 1.59. The number of rotatable bonds is 4. The summed E-state index contributed by atoms with van der Waals surface area (Å²) in [5.41, 5.74) is 1.02. The number of carboxylic acids is 1. The fraction of sp³-hybridized carbons (Fsp3) is 0.133. The molecule has 0 aliphatic heterocycles. The fourth-order valence-electron chi connectivity index (χ4n) is 1.82. The van der Waals surface area contributed by atoms with Gasteiger partial charge in [-0.1, -0.05) is 18.2 Å². The number of hydrogen-bond donors (Lipinski definition) is 2. The van der Waals surface area contributed by atoms with Crippen molar-refractivity contribution in [2.45, 2.75) is 13.0 Å². The average molecular weight is 277 g/mol. The summed E-state index contributed by atoms with van der Waals surface area (Å²) in [6.07, 6.45) is 0. The highest BCUT2D eigenvalue weighted by atomic mass is 19.1. The third kappa shape index (κ3) is 3.12. The van der Waals surface area contributed by atoms with Crippen LogP contribution < -0.4 is 5.32 Å². The monoisotopic (exact) mass is 277 g/mol. The molecule has 0 aromatic heterocycles. The number of halogens is 2. The summed E-state index contributed by atoms with van der Waals surface area (Å²) in [7, 11) is 0. The molecule has 0 heterocycles. The second-order valence-corrected chi connectivity index (χ2v) is 4.43. The van der Waals surface area contributed by atoms with Crippen molar-refractivity contribution in [1.82, 2.24) is 0 Å². The first-order chi connectivity index (χ1) is 9.47. The zero-order valence-corrected chi connectivity index (χ0v) is 10.7. The highest BCUT2D eigenvalue weighted by Crippen LogP contribution is 2.22. The first-order valence-electron chi connectivity index (χ1n) is 5.98. The molecule has 20 heavy (non-hydrogen) atoms. The topological polar surface area (TPSA) is 49.3 Å². The molecule has 104 valence electrons. The second-order valence-electron chi connectivity index (χ2n) is 4.43. The van der Waals surface area contributed by atoms with Gasteiger partial charge < -0.3 is 10.4 Å². The largest absolute Gasteiger partial charge is 0.479 e. The Morgan fingerprint density at radius 2 is 1.95 bits per heavy atom. The fourth-order valence-corrected chi connectivity index (χ4v) is 1.82. The molecule has 0 aliphatic carbocycles. The summed E-state index contributed by atoms with van der Waals surface area (Å²) in [4.78, 5) is 11.3. The lowest BCUT2D eigenvalue weighted by Crippen LogP contribution is -2.20. The molecule has 0 fully saturated rings. The zero-order chi connectivity index (χ0) is 14.7. The van der Waals surface area contributed by atoms with Gasteiger partial charge in [0.05, 0.1) is 0 Å². The molecule has 0 aliphatic rings. The highest BCUT2D eigenvalue weighted by molar-refractivity contribution is 5.79. The van der Waals surface area contributed by atoms with E-state index < -0.39 is 23.6 Å². The lowest BCUT2D eigenvalue weighted by Gasteiger charge is -2.16. The smallest absolute Gasteiger partial charge is 0.330 e. The zero-order valence-electron chi connectivity index (χ0n) is 10.7. The van der Waals surface area contributed by atoms with Gasteiger partial charge in [0.15, 0.2) is 6.04 Å². The van der Waals surface area contributed by atoms with Crippen LogP contribution in [0.2, 0.25) is 0 Å². The first kappa shape index (κ1) is 14.0. The van der Waals surface area contributed by atoms with Crippen LogP contribution in [0.5, 0.6) is 0 Å². The van der Waals surface area contributed by atoms with Crippen molar-refractivity contribution in [1.29, 1.82) is 0 Å². The van der Waals surface area contributed by atoms with Gasteiger partial charge in [-0.05, 0) is 42.3 Å². The average Bonchev–Trinajstić information content (AvgIpc) is 2.39. The Balaban J connectivity index is 2.32. The van der Waals surface area contributed by atoms with Crippen LogP contribution in [0.4, 0.5) is 14.5 Å². The Bertz CT molecular complexity index is 644. The number of nitrogens with one attached hydrogen (secondary N) is 1. The van der Waals surface area contributed by atoms with Gasteiger partial charge in [0.25, 0.3) is 0 Å². The quantitative estimate of drug-likeness (QED) is 0.899. The van der Waals surface area contributed by atoms with E-state index >= 15 is 0 Å². The van der Waals surface area contributed by atoms with Gasteiger partial charge >= 0.3 is 5.97 Å². The maximum Gasteiger partial charge on any atom is 0.330 e. The first-order valence-corrected chi connectivity index (χ1v) is 5.98. The molecular formula is C15H13F2NO2. The lowest BCUT2D eigenvalue weighted by atomic mass is 10.0. The van der Waals surface area contributed by atoms with E-state index in [0.29, 0.717) is 11.3 Å². The number of anilines is 1. The highest BCUT2D eigenvalue weighted by Gasteiger charge is 2.20. The van der Waals surface area contributed by atoms with Crippen molar-refractivity contribution in [2.24, 2.45) is 0 Å². The number of hydrogen-bond acceptors (Lipinski definition) is 2. The maximum atomic E-state index is 13.5. The number of benzene rings is 2. The van der Waals surface area contributed by atoms with E-state index in [1.807, 2.05) is 0 Å². The molecule has 2 N–H and O–H groups in total. The van der Waals surface area contributed by atoms with E-state index in [2.05, 4.69) is 5.32 Å². The molecule has 2 rings (SSSR count). The van der Waals surface area contributed by atoms with E-state index in [4.69, 9.17) is 0 Å². The van der Waals surface area contributed by atoms with Gasteiger partial charge in [0, 0.05) is 5.69 Å². The van der Waals surface area contributed by atoms with Crippen LogP contribution in [0, 0.1) is 18.6 Å². The van der Waals surface area contributed by atoms with Crippen molar-refractivity contribution in [3.8, 4) is 0 Å². The minimum Gasteiger partial charge on any atom is -0.479 e. The van der Waals surface area contributed by atoms with Crippen LogP contribution in [0.1, 0.15) is 17.2 Å². The Kier molecular flexibility index (Phi) is 3.98. The molecule has 0 saturated carbocycles. The van der Waals surface area contributed by atoms with E-state index in [1.165, 1.54) is 36.4 Å². The van der Waals surface area contributed by atoms with Gasteiger partial charge in [-0.15, -0.1) is 0 Å². The summed E-state index contributed by atoms with van der Waals surface area (Å²) < 4.78 is 26.6. The van der Waals surface area contributed by atoms with E-state index in [9.17, 15) is 18.7 Å². The standard InChI is InChI=1S/C15H13F2NO2/c1-9-5-6-10(7-13(9)17)14(15(19)20)18-12-4-2-3-11(16)8-12/h2-8,14,18H,1H3,(H,19,20). The number of carboxylic acid groups (broad SMARTS) is 1. The molecule has 0 bridgehead atoms. The molecule has 2 aromatic carbocycles. The predicted octanol–water partition coefficient (Wildman–Crippen LogP) is 3.51. The molecule has 0 radical (unpaired) electrons. The molecule has 1 unspecified atom stereocenters. The van der Waals surface area contributed by atoms with Crippen molar-refractivity contribution >= 4 is 11.7 Å². The van der Waals surface area contributed by atoms with Crippen molar-refractivity contribution < 1.29 is 18.7 Å². The molecule has 5 heteroatoms. The lowest BCUT2D eigenvalue weighted by molar-refractivity contribution is -0.138. The maximum absolute atomic E-state index is 13.5. The minimum absolute atomic E-state index is 0.268. The predicted molar refractivity (Wildman–Crippen MR) is 71.5 cm³/mol. The molecule has 2 aromatic rings. The molecule has 0 amide bonds. The molecular weight excluding hydrogens is 264 g/mol. The normalized spacial score (nSPS) is 11.9. The summed E-state index contributed by atoms with van der Waals surface area (Å²) in [6, 6.07) is 8.51. The number of carbonyl (C=O) groups is 1. The van der Waals surface area contributed by atoms with Crippen LogP contribution in [0.25, 0.3) is 0 Å². The third-order valence-corrected chi connectivity index (χ3v) is 2.91. The Hall–Kier alpha value is -2.43. The van der Waals surface area contributed by atoms with Crippen molar-refractivity contribution in [3.63, 3.8) is 0 Å². The SMILES string of the molecule is Cc1ccc(C(Nc2cccc(F)c2)C(=O)O)cc1F. The van der Waals surface area contributed by atoms with Gasteiger partial charge in [0.2, 0.25) is 0 Å². The Morgan fingerprint density at radius 3 is 2.55 bits per heavy atom. The van der Waals surface area contributed by atoms with Crippen LogP contribution in [-0.4, -0.2) is 11.1 Å². The molecule has 0 saturated heterocycles. The Morgan fingerprint density at radius 1 is 1.20 bits per heavy atom. The van der Waals surface area contributed by atoms with Gasteiger partial charge in [0.1, 0.15) is 11.6 Å². The van der Waals surface area contributed by atoms with Crippen LogP contribution in [0.3, 0.4) is 0 Å². The van der Waals surface area contributed by atoms with Crippen molar-refractivity contribution in [3.05, 3.63) is 65.2 Å². The van der Waals surface area contributed by atoms with Crippen LogP contribution in [-0.2, 0) is 4.79 Å². The minimum atomic E-state index is -1.17. The van der Waals surface area contributed by atoms with Crippen LogP contribution >= 0.6 is 0 Å². The summed E-state index contributed by atoms with van der Waals surface area (Å²) in [5, 5.41) is 11.9. The molecule has 3 nitrogen and oxygen atoms in total. The van der Waals surface area contributed by atoms with Crippen LogP contribution in [0.15, 0.2) is 42.5 Å². The summed E-state index contributed by atoms with van der Waals surface area (Å²) >= 11 is 0. The summed E-state index contributed by atoms with van der Waals surface area (Å²) in [5.74, 6) is -2.12. The van der Waals surface area contributed by atoms with E-state index in [1.54, 1.807) is 13.0 Å². The molecule has 1 atom stereocenters. The number of aliphatic carboxylic acids is 1. The van der Waals surface area contributed by atoms with E-state index in [-0.39, 0.29) is 5.56 Å². The third-order valence-electron chi connectivity index (χ3n) is 2.91. The Labute approximate surface area is 114 Å². The van der Waals surface area contributed by atoms with Gasteiger partial charge in [-0.25, -0.2) is 13.6 Å². The molecule has 0 spiro atoms.